The first-order valence-electron chi connectivity index (χ1n) is 13.1. The Balaban J connectivity index is 1.64. The third kappa shape index (κ3) is 3.82. The van der Waals surface area contributed by atoms with Crippen LogP contribution in [0.1, 0.15) is 79.1 Å². The van der Waals surface area contributed by atoms with Crippen molar-refractivity contribution in [2.24, 2.45) is 34.5 Å². The number of rotatable bonds is 6. The zero-order valence-electron chi connectivity index (χ0n) is 21.3. The molecule has 0 heterocycles. The van der Waals surface area contributed by atoms with Crippen LogP contribution in [-0.4, -0.2) is 71.9 Å². The topological polar surface area (TPSA) is 156 Å². The van der Waals surface area contributed by atoms with Crippen LogP contribution in [-0.2, 0) is 9.59 Å². The van der Waals surface area contributed by atoms with Gasteiger partial charge in [0.2, 0.25) is 0 Å². The highest BCUT2D eigenvalue weighted by Gasteiger charge is 2.69. The van der Waals surface area contributed by atoms with E-state index in [0.29, 0.717) is 37.7 Å². The highest BCUT2D eigenvalue weighted by Crippen LogP contribution is 2.68. The fourth-order valence-electron chi connectivity index (χ4n) is 8.36. The van der Waals surface area contributed by atoms with Crippen LogP contribution in [0, 0.1) is 34.5 Å². The lowest BCUT2D eigenvalue weighted by Crippen LogP contribution is -2.62. The summed E-state index contributed by atoms with van der Waals surface area (Å²) in [6.45, 7) is 7.07. The Bertz CT molecular complexity index is 913. The number of ketones is 1. The lowest BCUT2D eigenvalue weighted by molar-refractivity contribution is -0.176. The van der Waals surface area contributed by atoms with Gasteiger partial charge in [-0.1, -0.05) is 20.8 Å². The summed E-state index contributed by atoms with van der Waals surface area (Å²) in [6, 6.07) is 0. The average molecular weight is 495 g/mol. The molecule has 0 spiro atoms. The zero-order valence-corrected chi connectivity index (χ0v) is 21.3. The van der Waals surface area contributed by atoms with E-state index in [1.165, 1.54) is 0 Å². The number of carbonyl (C=O) groups excluding carboxylic acids is 1. The fourth-order valence-corrected chi connectivity index (χ4v) is 8.36. The predicted octanol–water partition coefficient (Wildman–Crippen LogP) is 1.80. The van der Waals surface area contributed by atoms with Gasteiger partial charge in [-0.25, -0.2) is 0 Å². The Morgan fingerprint density at radius 3 is 2.43 bits per heavy atom. The molecule has 198 valence electrons. The van der Waals surface area contributed by atoms with Crippen molar-refractivity contribution in [3.05, 3.63) is 11.6 Å². The normalized spacial score (nSPS) is 46.5. The Kier molecular flexibility index (Phi) is 6.59. The minimum atomic E-state index is -1.54. The quantitative estimate of drug-likeness (QED) is 0.327. The number of hydrogen-bond acceptors (Lipinski definition) is 7. The summed E-state index contributed by atoms with van der Waals surface area (Å²) >= 11 is 0. The number of carboxylic acid groups (broad SMARTS) is 1. The van der Waals surface area contributed by atoms with E-state index in [-0.39, 0.29) is 31.0 Å². The van der Waals surface area contributed by atoms with E-state index in [9.17, 15) is 35.1 Å². The third-order valence-corrected chi connectivity index (χ3v) is 10.8. The highest BCUT2D eigenvalue weighted by molar-refractivity contribution is 5.95. The molecule has 6 N–H and O–H groups in total. The minimum absolute atomic E-state index is 0.115. The van der Waals surface area contributed by atoms with Gasteiger partial charge in [0, 0.05) is 11.3 Å². The van der Waals surface area contributed by atoms with Gasteiger partial charge >= 0.3 is 5.97 Å². The van der Waals surface area contributed by atoms with Crippen molar-refractivity contribution < 1.29 is 40.2 Å². The number of carboxylic acids is 1. The van der Waals surface area contributed by atoms with Crippen molar-refractivity contribution in [1.29, 1.82) is 0 Å². The molecule has 3 fully saturated rings. The van der Waals surface area contributed by atoms with Gasteiger partial charge in [0.15, 0.2) is 5.78 Å². The Labute approximate surface area is 207 Å². The van der Waals surface area contributed by atoms with Gasteiger partial charge in [-0.15, -0.1) is 0 Å². The van der Waals surface area contributed by atoms with Crippen molar-refractivity contribution in [2.45, 2.75) is 109 Å². The molecule has 0 aromatic rings. The molecule has 1 unspecified atom stereocenters. The number of hydrogen-bond donors (Lipinski definition) is 6. The summed E-state index contributed by atoms with van der Waals surface area (Å²) < 4.78 is 0. The molecule has 3 saturated carbocycles. The van der Waals surface area contributed by atoms with Gasteiger partial charge < -0.3 is 30.6 Å². The second-order valence-electron chi connectivity index (χ2n) is 12.7. The number of aliphatic hydroxyl groups is 5. The van der Waals surface area contributed by atoms with Crippen LogP contribution < -0.4 is 0 Å². The van der Waals surface area contributed by atoms with Crippen LogP contribution in [0.2, 0.25) is 0 Å². The SMILES string of the molecule is CC(CC[C@@H](O)[C@](C)(O)[C@H]1CC[C@@]2(O)C3=CC(=O)[C@@H]4C[C@@H](O)[C@@H](O)C[C@]4(C)[C@H]3CC[C@]12C)C(=O)O. The van der Waals surface area contributed by atoms with E-state index in [2.05, 4.69) is 0 Å². The van der Waals surface area contributed by atoms with E-state index in [1.54, 1.807) is 19.9 Å². The molecule has 35 heavy (non-hydrogen) atoms. The summed E-state index contributed by atoms with van der Waals surface area (Å²) in [6.07, 6.45) is 1.52. The standard InChI is InChI=1S/C27H42O8/c1-14(23(32)33)5-6-22(31)26(4,34)21-8-10-27(35)16-11-18(28)17-12-19(29)20(30)13-24(17,2)15(16)7-9-25(21,27)3/h11,14-15,17,19-22,29-31,34-35H,5-10,12-13H2,1-4H3,(H,32,33)/t14?,15-,17-,19+,20-,21-,22+,24+,25+,26+,27+/m0/s1. The van der Waals surface area contributed by atoms with Gasteiger partial charge in [0.05, 0.1) is 35.4 Å². The molecule has 8 heteroatoms. The van der Waals surface area contributed by atoms with Crippen LogP contribution in [0.5, 0.6) is 0 Å². The number of carbonyl (C=O) groups is 2. The first-order valence-corrected chi connectivity index (χ1v) is 13.1. The van der Waals surface area contributed by atoms with Gasteiger partial charge in [-0.05, 0) is 87.2 Å². The second kappa shape index (κ2) is 8.62. The molecule has 0 radical (unpaired) electrons. The molecule has 8 nitrogen and oxygen atoms in total. The van der Waals surface area contributed by atoms with Crippen LogP contribution in [0.4, 0.5) is 0 Å². The Hall–Kier alpha value is -1.32. The zero-order chi connectivity index (χ0) is 26.1. The van der Waals surface area contributed by atoms with Crippen molar-refractivity contribution >= 4 is 11.8 Å². The first kappa shape index (κ1) is 26.7. The predicted molar refractivity (Wildman–Crippen MR) is 127 cm³/mol. The first-order chi connectivity index (χ1) is 16.1. The van der Waals surface area contributed by atoms with E-state index in [0.717, 1.165) is 0 Å². The summed E-state index contributed by atoms with van der Waals surface area (Å²) in [5.74, 6) is -2.67. The molecule has 4 aliphatic carbocycles. The van der Waals surface area contributed by atoms with Gasteiger partial charge in [0.25, 0.3) is 0 Å². The lowest BCUT2D eigenvalue weighted by atomic mass is 9.45. The number of aliphatic hydroxyl groups excluding tert-OH is 3. The Morgan fingerprint density at radius 2 is 1.80 bits per heavy atom. The molecular weight excluding hydrogens is 452 g/mol. The largest absolute Gasteiger partial charge is 0.481 e. The van der Waals surface area contributed by atoms with Crippen molar-refractivity contribution in [3.63, 3.8) is 0 Å². The summed E-state index contributed by atoms with van der Waals surface area (Å²) in [7, 11) is 0. The van der Waals surface area contributed by atoms with E-state index >= 15 is 0 Å². The Morgan fingerprint density at radius 1 is 1.14 bits per heavy atom. The summed E-state index contributed by atoms with van der Waals surface area (Å²) in [4.78, 5) is 24.4. The molecule has 11 atom stereocenters. The molecule has 0 saturated heterocycles. The molecule has 0 amide bonds. The lowest BCUT2D eigenvalue weighted by Gasteiger charge is -2.60. The fraction of sp³-hybridized carbons (Fsp3) is 0.852. The van der Waals surface area contributed by atoms with Crippen LogP contribution in [0.15, 0.2) is 11.6 Å². The second-order valence-corrected chi connectivity index (χ2v) is 12.7. The summed E-state index contributed by atoms with van der Waals surface area (Å²) in [5, 5.41) is 64.5. The van der Waals surface area contributed by atoms with Crippen LogP contribution >= 0.6 is 0 Å². The monoisotopic (exact) mass is 494 g/mol. The third-order valence-electron chi connectivity index (χ3n) is 10.8. The molecule has 0 aromatic heterocycles. The van der Waals surface area contributed by atoms with Gasteiger partial charge in [0.1, 0.15) is 0 Å². The molecule has 4 aliphatic rings. The average Bonchev–Trinajstić information content (AvgIpc) is 3.06. The highest BCUT2D eigenvalue weighted by atomic mass is 16.4. The van der Waals surface area contributed by atoms with E-state index < -0.39 is 64.1 Å². The molecular formula is C27H42O8. The molecule has 0 aromatic carbocycles. The van der Waals surface area contributed by atoms with Gasteiger partial charge in [-0.2, -0.15) is 0 Å². The smallest absolute Gasteiger partial charge is 0.306 e. The van der Waals surface area contributed by atoms with Crippen molar-refractivity contribution in [1.82, 2.24) is 0 Å². The minimum Gasteiger partial charge on any atom is -0.481 e. The van der Waals surface area contributed by atoms with Crippen LogP contribution in [0.25, 0.3) is 0 Å². The summed E-state index contributed by atoms with van der Waals surface area (Å²) in [5.41, 5.74) is -3.55. The van der Waals surface area contributed by atoms with Crippen LogP contribution in [0.3, 0.4) is 0 Å². The number of aliphatic carboxylic acids is 1. The van der Waals surface area contributed by atoms with E-state index in [4.69, 9.17) is 5.11 Å². The maximum Gasteiger partial charge on any atom is 0.306 e. The van der Waals surface area contributed by atoms with Gasteiger partial charge in [-0.3, -0.25) is 9.59 Å². The molecule has 0 aliphatic heterocycles. The maximum absolute atomic E-state index is 13.2. The maximum atomic E-state index is 13.2. The van der Waals surface area contributed by atoms with E-state index in [1.807, 2.05) is 13.8 Å². The number of allylic oxidation sites excluding steroid dienone is 1. The number of fused-ring (bicyclic) bond motifs is 5. The molecule has 0 bridgehead atoms. The van der Waals surface area contributed by atoms with Crippen molar-refractivity contribution in [2.75, 3.05) is 0 Å². The molecule has 4 rings (SSSR count). The van der Waals surface area contributed by atoms with Crippen molar-refractivity contribution in [3.8, 4) is 0 Å².